The summed E-state index contributed by atoms with van der Waals surface area (Å²) in [4.78, 5) is 2.11. The van der Waals surface area contributed by atoms with Gasteiger partial charge in [-0.2, -0.15) is 0 Å². The molecule has 0 radical (unpaired) electrons. The molecule has 0 amide bonds. The highest BCUT2D eigenvalue weighted by atomic mass is 19.1. The second-order valence-electron chi connectivity index (χ2n) is 5.13. The number of nitrogens with one attached hydrogen (secondary N) is 1. The number of hydrogen-bond acceptors (Lipinski definition) is 4. The smallest absolute Gasteiger partial charge is 0.167 e. The number of nitrogen functional groups attached to an aromatic ring is 1. The first-order valence-electron chi connectivity index (χ1n) is 5.82. The molecule has 0 saturated carbocycles. The van der Waals surface area contributed by atoms with Crippen LogP contribution < -0.4 is 15.8 Å². The molecule has 0 fully saturated rings. The molecule has 0 aliphatic carbocycles. The lowest BCUT2D eigenvalue weighted by molar-refractivity contribution is 0.210. The van der Waals surface area contributed by atoms with Crippen LogP contribution in [0.3, 0.4) is 0 Å². The number of nitrogens with two attached hydrogens (primary N) is 1. The topological polar surface area (TPSA) is 50.5 Å². The number of anilines is 2. The molecule has 0 aliphatic rings. The molecule has 0 spiro atoms. The first-order chi connectivity index (χ1) is 8.27. The lowest BCUT2D eigenvalue weighted by Crippen LogP contribution is -2.44. The van der Waals surface area contributed by atoms with Gasteiger partial charge < -0.3 is 20.7 Å². The van der Waals surface area contributed by atoms with Crippen molar-refractivity contribution >= 4 is 11.4 Å². The average Bonchev–Trinajstić information content (AvgIpc) is 2.27. The maximum absolute atomic E-state index is 13.4. The maximum Gasteiger partial charge on any atom is 0.167 e. The zero-order chi connectivity index (χ0) is 13.9. The standard InChI is InChI=1S/C13H22FN3O/c1-13(2,17(3)4)8-16-11-7-12(18-5)9(14)6-10(11)15/h6-7,16H,8,15H2,1-5H3. The van der Waals surface area contributed by atoms with Crippen LogP contribution in [0.1, 0.15) is 13.8 Å². The van der Waals surface area contributed by atoms with E-state index < -0.39 is 5.82 Å². The molecule has 1 aromatic rings. The molecular formula is C13H22FN3O. The molecule has 0 aromatic heterocycles. The monoisotopic (exact) mass is 255 g/mol. The minimum atomic E-state index is -0.451. The molecule has 5 heteroatoms. The summed E-state index contributed by atoms with van der Waals surface area (Å²) in [6.45, 7) is 4.91. The largest absolute Gasteiger partial charge is 0.494 e. The van der Waals surface area contributed by atoms with E-state index in [1.54, 1.807) is 6.07 Å². The molecule has 4 nitrogen and oxygen atoms in total. The summed E-state index contributed by atoms with van der Waals surface area (Å²) < 4.78 is 18.3. The lowest BCUT2D eigenvalue weighted by atomic mass is 10.0. The highest BCUT2D eigenvalue weighted by Crippen LogP contribution is 2.28. The van der Waals surface area contributed by atoms with Crippen molar-refractivity contribution in [3.63, 3.8) is 0 Å². The average molecular weight is 255 g/mol. The summed E-state index contributed by atoms with van der Waals surface area (Å²) >= 11 is 0. The van der Waals surface area contributed by atoms with Crippen molar-refractivity contribution in [2.75, 3.05) is 38.8 Å². The van der Waals surface area contributed by atoms with Crippen LogP contribution in [0.4, 0.5) is 15.8 Å². The zero-order valence-corrected chi connectivity index (χ0v) is 11.7. The Bertz CT molecular complexity index is 419. The van der Waals surface area contributed by atoms with E-state index in [2.05, 4.69) is 24.1 Å². The van der Waals surface area contributed by atoms with Gasteiger partial charge in [0.25, 0.3) is 0 Å². The van der Waals surface area contributed by atoms with Crippen LogP contribution in [0.5, 0.6) is 5.75 Å². The third-order valence-electron chi connectivity index (χ3n) is 3.25. The summed E-state index contributed by atoms with van der Waals surface area (Å²) in [5.74, 6) is -0.262. The Balaban J connectivity index is 2.85. The molecule has 1 rings (SSSR count). The van der Waals surface area contributed by atoms with Gasteiger partial charge in [0.15, 0.2) is 11.6 Å². The predicted octanol–water partition coefficient (Wildman–Crippen LogP) is 2.17. The van der Waals surface area contributed by atoms with Gasteiger partial charge in [-0.15, -0.1) is 0 Å². The molecule has 102 valence electrons. The van der Waals surface area contributed by atoms with Gasteiger partial charge in [-0.3, -0.25) is 0 Å². The SMILES string of the molecule is COc1cc(NCC(C)(C)N(C)C)c(N)cc1F. The molecule has 0 unspecified atom stereocenters. The Hall–Kier alpha value is -1.49. The second kappa shape index (κ2) is 5.44. The van der Waals surface area contributed by atoms with Crippen molar-refractivity contribution in [2.45, 2.75) is 19.4 Å². The molecule has 0 aliphatic heterocycles. The third-order valence-corrected chi connectivity index (χ3v) is 3.25. The van der Waals surface area contributed by atoms with E-state index in [0.29, 0.717) is 17.9 Å². The Labute approximate surface area is 108 Å². The predicted molar refractivity (Wildman–Crippen MR) is 73.6 cm³/mol. The minimum absolute atomic E-state index is 0.0337. The van der Waals surface area contributed by atoms with Crippen LogP contribution in [0.2, 0.25) is 0 Å². The zero-order valence-electron chi connectivity index (χ0n) is 11.7. The van der Waals surface area contributed by atoms with Crippen LogP contribution in [-0.2, 0) is 0 Å². The Morgan fingerprint density at radius 2 is 2.00 bits per heavy atom. The maximum atomic E-state index is 13.4. The van der Waals surface area contributed by atoms with Crippen molar-refractivity contribution in [3.05, 3.63) is 17.9 Å². The number of nitrogens with zero attached hydrogens (tertiary/aromatic N) is 1. The fraction of sp³-hybridized carbons (Fsp3) is 0.538. The quantitative estimate of drug-likeness (QED) is 0.792. The van der Waals surface area contributed by atoms with Crippen molar-refractivity contribution < 1.29 is 9.13 Å². The molecule has 0 saturated heterocycles. The molecule has 18 heavy (non-hydrogen) atoms. The van der Waals surface area contributed by atoms with Gasteiger partial charge in [-0.25, -0.2) is 4.39 Å². The number of methoxy groups -OCH3 is 1. The fourth-order valence-electron chi connectivity index (χ4n) is 1.35. The van der Waals surface area contributed by atoms with Crippen molar-refractivity contribution in [3.8, 4) is 5.75 Å². The van der Waals surface area contributed by atoms with Crippen LogP contribution in [0.25, 0.3) is 0 Å². The molecule has 3 N–H and O–H groups in total. The molecule has 1 aromatic carbocycles. The van der Waals surface area contributed by atoms with E-state index in [1.807, 2.05) is 14.1 Å². The lowest BCUT2D eigenvalue weighted by Gasteiger charge is -2.33. The Kier molecular flexibility index (Phi) is 4.40. The van der Waals surface area contributed by atoms with Crippen LogP contribution in [-0.4, -0.2) is 38.2 Å². The molecular weight excluding hydrogens is 233 g/mol. The number of hydrogen-bond donors (Lipinski definition) is 2. The summed E-state index contributed by atoms with van der Waals surface area (Å²) in [7, 11) is 5.45. The van der Waals surface area contributed by atoms with Gasteiger partial charge in [0, 0.05) is 24.2 Å². The molecule has 0 heterocycles. The molecule has 0 atom stereocenters. The number of benzene rings is 1. The van der Waals surface area contributed by atoms with E-state index in [-0.39, 0.29) is 11.3 Å². The van der Waals surface area contributed by atoms with E-state index >= 15 is 0 Å². The second-order valence-corrected chi connectivity index (χ2v) is 5.13. The highest BCUT2D eigenvalue weighted by molar-refractivity contribution is 5.68. The van der Waals surface area contributed by atoms with E-state index in [4.69, 9.17) is 10.5 Å². The minimum Gasteiger partial charge on any atom is -0.494 e. The normalized spacial score (nSPS) is 11.7. The van der Waals surface area contributed by atoms with Crippen LogP contribution >= 0.6 is 0 Å². The van der Waals surface area contributed by atoms with Crippen LogP contribution in [0, 0.1) is 5.82 Å². The fourth-order valence-corrected chi connectivity index (χ4v) is 1.35. The van der Waals surface area contributed by atoms with Crippen molar-refractivity contribution in [1.29, 1.82) is 0 Å². The summed E-state index contributed by atoms with van der Waals surface area (Å²) in [5, 5.41) is 3.22. The van der Waals surface area contributed by atoms with Crippen LogP contribution in [0.15, 0.2) is 12.1 Å². The first-order valence-corrected chi connectivity index (χ1v) is 5.82. The summed E-state index contributed by atoms with van der Waals surface area (Å²) in [6, 6.07) is 2.85. The Morgan fingerprint density at radius 3 is 2.50 bits per heavy atom. The number of rotatable bonds is 5. The van der Waals surface area contributed by atoms with Gasteiger partial charge >= 0.3 is 0 Å². The van der Waals surface area contributed by atoms with Gasteiger partial charge in [0.2, 0.25) is 0 Å². The number of halogens is 1. The van der Waals surface area contributed by atoms with Gasteiger partial charge in [0.05, 0.1) is 18.5 Å². The number of ether oxygens (including phenoxy) is 1. The van der Waals surface area contributed by atoms with E-state index in [1.165, 1.54) is 13.2 Å². The molecule has 0 bridgehead atoms. The summed E-state index contributed by atoms with van der Waals surface area (Å²) in [5.41, 5.74) is 6.81. The third kappa shape index (κ3) is 3.26. The van der Waals surface area contributed by atoms with Gasteiger partial charge in [-0.05, 0) is 27.9 Å². The van der Waals surface area contributed by atoms with Gasteiger partial charge in [0.1, 0.15) is 0 Å². The van der Waals surface area contributed by atoms with E-state index in [0.717, 1.165) is 0 Å². The summed E-state index contributed by atoms with van der Waals surface area (Å²) in [6.07, 6.45) is 0. The van der Waals surface area contributed by atoms with E-state index in [9.17, 15) is 4.39 Å². The number of likely N-dealkylation sites (N-methyl/N-ethyl adjacent to an activating group) is 1. The highest BCUT2D eigenvalue weighted by Gasteiger charge is 2.20. The Morgan fingerprint density at radius 1 is 1.39 bits per heavy atom. The van der Waals surface area contributed by atoms with Gasteiger partial charge in [-0.1, -0.05) is 0 Å². The van der Waals surface area contributed by atoms with Crippen molar-refractivity contribution in [2.24, 2.45) is 0 Å². The first kappa shape index (κ1) is 14.6. The van der Waals surface area contributed by atoms with Crippen molar-refractivity contribution in [1.82, 2.24) is 4.90 Å².